The molecule has 0 N–H and O–H groups in total. The molecule has 1 aromatic rings. The van der Waals surface area contributed by atoms with E-state index in [9.17, 15) is 13.2 Å². The van der Waals surface area contributed by atoms with E-state index in [0.717, 1.165) is 5.41 Å². The van der Waals surface area contributed by atoms with Crippen LogP contribution in [0.15, 0.2) is 41.8 Å². The molecule has 0 saturated heterocycles. The van der Waals surface area contributed by atoms with Crippen LogP contribution in [0, 0.1) is 0 Å². The zero-order valence-corrected chi connectivity index (χ0v) is 9.18. The molecule has 2 rings (SSSR count). The summed E-state index contributed by atoms with van der Waals surface area (Å²) in [7, 11) is -3.18. The first-order valence-electron chi connectivity index (χ1n) is 4.74. The van der Waals surface area contributed by atoms with Gasteiger partial charge in [0.1, 0.15) is 6.10 Å². The van der Waals surface area contributed by atoms with E-state index in [4.69, 9.17) is 4.74 Å². The van der Waals surface area contributed by atoms with Crippen LogP contribution in [0.2, 0.25) is 0 Å². The highest BCUT2D eigenvalue weighted by molar-refractivity contribution is 7.94. The second-order valence-electron chi connectivity index (χ2n) is 3.47. The highest BCUT2D eigenvalue weighted by atomic mass is 32.2. The van der Waals surface area contributed by atoms with Crippen LogP contribution >= 0.6 is 0 Å². The Kier molecular flexibility index (Phi) is 2.78. The predicted molar refractivity (Wildman–Crippen MR) is 58.6 cm³/mol. The third-order valence-corrected chi connectivity index (χ3v) is 3.53. The standard InChI is InChI=1S/C11H10O4S/c12-11(9-4-2-1-3-5-9)15-10-6-7-16(13,14)8-10/h1-7,10H,8H2. The molecular formula is C11H10O4S. The Morgan fingerprint density at radius 2 is 1.94 bits per heavy atom. The van der Waals surface area contributed by atoms with Crippen molar-refractivity contribution < 1.29 is 17.9 Å². The number of benzene rings is 1. The summed E-state index contributed by atoms with van der Waals surface area (Å²) in [6, 6.07) is 8.47. The van der Waals surface area contributed by atoms with Crippen molar-refractivity contribution in [2.75, 3.05) is 5.75 Å². The Labute approximate surface area is 93.5 Å². The van der Waals surface area contributed by atoms with Gasteiger partial charge in [-0.2, -0.15) is 0 Å². The smallest absolute Gasteiger partial charge is 0.338 e. The maximum atomic E-state index is 11.6. The third kappa shape index (κ3) is 2.49. The van der Waals surface area contributed by atoms with E-state index >= 15 is 0 Å². The quantitative estimate of drug-likeness (QED) is 0.725. The van der Waals surface area contributed by atoms with E-state index in [1.807, 2.05) is 0 Å². The van der Waals surface area contributed by atoms with Gasteiger partial charge in [-0.3, -0.25) is 0 Å². The molecule has 0 fully saturated rings. The molecule has 1 aliphatic rings. The first-order valence-corrected chi connectivity index (χ1v) is 6.45. The first kappa shape index (κ1) is 10.9. The van der Waals surface area contributed by atoms with E-state index < -0.39 is 21.9 Å². The van der Waals surface area contributed by atoms with E-state index in [2.05, 4.69) is 0 Å². The number of ether oxygens (including phenoxy) is 1. The monoisotopic (exact) mass is 238 g/mol. The lowest BCUT2D eigenvalue weighted by atomic mass is 10.2. The fourth-order valence-corrected chi connectivity index (χ4v) is 2.56. The van der Waals surface area contributed by atoms with Crippen molar-refractivity contribution in [2.45, 2.75) is 6.10 Å². The molecule has 0 bridgehead atoms. The van der Waals surface area contributed by atoms with Crippen molar-refractivity contribution in [3.8, 4) is 0 Å². The lowest BCUT2D eigenvalue weighted by molar-refractivity contribution is 0.0433. The van der Waals surface area contributed by atoms with Crippen LogP contribution < -0.4 is 0 Å². The van der Waals surface area contributed by atoms with Gasteiger partial charge >= 0.3 is 5.97 Å². The zero-order chi connectivity index (χ0) is 11.6. The average Bonchev–Trinajstić information content (AvgIpc) is 2.59. The molecule has 0 aliphatic carbocycles. The highest BCUT2D eigenvalue weighted by Crippen LogP contribution is 2.13. The van der Waals surface area contributed by atoms with Crippen molar-refractivity contribution in [1.29, 1.82) is 0 Å². The number of rotatable bonds is 2. The molecule has 84 valence electrons. The van der Waals surface area contributed by atoms with Crippen LogP contribution in [0.25, 0.3) is 0 Å². The van der Waals surface area contributed by atoms with Crippen LogP contribution in [-0.2, 0) is 14.6 Å². The minimum Gasteiger partial charge on any atom is -0.453 e. The molecule has 1 unspecified atom stereocenters. The van der Waals surface area contributed by atoms with Gasteiger partial charge in [0.2, 0.25) is 0 Å². The van der Waals surface area contributed by atoms with Crippen molar-refractivity contribution in [2.24, 2.45) is 0 Å². The molecule has 0 amide bonds. The van der Waals surface area contributed by atoms with Gasteiger partial charge < -0.3 is 4.74 Å². The number of carbonyl (C=O) groups is 1. The zero-order valence-electron chi connectivity index (χ0n) is 8.37. The second kappa shape index (κ2) is 4.09. The van der Waals surface area contributed by atoms with Crippen LogP contribution in [0.5, 0.6) is 0 Å². The molecular weight excluding hydrogens is 228 g/mol. The topological polar surface area (TPSA) is 60.4 Å². The summed E-state index contributed by atoms with van der Waals surface area (Å²) >= 11 is 0. The molecule has 0 radical (unpaired) electrons. The van der Waals surface area contributed by atoms with Crippen molar-refractivity contribution in [3.05, 3.63) is 47.4 Å². The summed E-state index contributed by atoms with van der Waals surface area (Å²) in [5, 5.41) is 1.08. The van der Waals surface area contributed by atoms with Gasteiger partial charge in [0.15, 0.2) is 9.84 Å². The fraction of sp³-hybridized carbons (Fsp3) is 0.182. The van der Waals surface area contributed by atoms with Crippen molar-refractivity contribution in [1.82, 2.24) is 0 Å². The summed E-state index contributed by atoms with van der Waals surface area (Å²) < 4.78 is 27.2. The lowest BCUT2D eigenvalue weighted by Crippen LogP contribution is -2.19. The van der Waals surface area contributed by atoms with E-state index in [1.54, 1.807) is 30.3 Å². The Morgan fingerprint density at radius 3 is 2.50 bits per heavy atom. The molecule has 5 heteroatoms. The van der Waals surface area contributed by atoms with Crippen LogP contribution in [0.3, 0.4) is 0 Å². The minimum atomic E-state index is -3.18. The second-order valence-corrected chi connectivity index (χ2v) is 5.40. The predicted octanol–water partition coefficient (Wildman–Crippen LogP) is 1.15. The Morgan fingerprint density at radius 1 is 1.25 bits per heavy atom. The van der Waals surface area contributed by atoms with E-state index in [1.165, 1.54) is 6.08 Å². The molecule has 0 saturated carbocycles. The molecule has 1 aromatic carbocycles. The largest absolute Gasteiger partial charge is 0.453 e. The summed E-state index contributed by atoms with van der Waals surface area (Å²) in [6.07, 6.45) is 0.716. The maximum Gasteiger partial charge on any atom is 0.338 e. The van der Waals surface area contributed by atoms with Crippen LogP contribution in [0.1, 0.15) is 10.4 Å². The number of hydrogen-bond acceptors (Lipinski definition) is 4. The number of carbonyl (C=O) groups excluding carboxylic acids is 1. The first-order chi connectivity index (χ1) is 7.57. The lowest BCUT2D eigenvalue weighted by Gasteiger charge is -2.08. The van der Waals surface area contributed by atoms with Gasteiger partial charge in [0, 0.05) is 5.41 Å². The summed E-state index contributed by atoms with van der Waals surface area (Å²) in [5.41, 5.74) is 0.417. The van der Waals surface area contributed by atoms with Crippen LogP contribution in [0.4, 0.5) is 0 Å². The molecule has 0 aromatic heterocycles. The maximum absolute atomic E-state index is 11.6. The Balaban J connectivity index is 2.03. The molecule has 1 atom stereocenters. The number of sulfone groups is 1. The normalized spacial score (nSPS) is 21.9. The fourth-order valence-electron chi connectivity index (χ4n) is 1.40. The van der Waals surface area contributed by atoms with Gasteiger partial charge in [-0.05, 0) is 18.2 Å². The van der Waals surface area contributed by atoms with E-state index in [-0.39, 0.29) is 5.75 Å². The van der Waals surface area contributed by atoms with Gasteiger partial charge in [0.25, 0.3) is 0 Å². The molecule has 1 aliphatic heterocycles. The van der Waals surface area contributed by atoms with Gasteiger partial charge in [-0.1, -0.05) is 18.2 Å². The summed E-state index contributed by atoms with van der Waals surface area (Å²) in [5.74, 6) is -0.668. The van der Waals surface area contributed by atoms with Crippen molar-refractivity contribution in [3.63, 3.8) is 0 Å². The van der Waals surface area contributed by atoms with Crippen LogP contribution in [-0.4, -0.2) is 26.2 Å². The molecule has 0 spiro atoms. The van der Waals surface area contributed by atoms with Crippen molar-refractivity contribution >= 4 is 15.8 Å². The molecule has 1 heterocycles. The SMILES string of the molecule is O=C(OC1C=CS(=O)(=O)C1)c1ccccc1. The highest BCUT2D eigenvalue weighted by Gasteiger charge is 2.25. The minimum absolute atomic E-state index is 0.161. The summed E-state index contributed by atoms with van der Waals surface area (Å²) in [4.78, 5) is 11.6. The van der Waals surface area contributed by atoms with Gasteiger partial charge in [-0.15, -0.1) is 0 Å². The Hall–Kier alpha value is -1.62. The van der Waals surface area contributed by atoms with E-state index in [0.29, 0.717) is 5.56 Å². The molecule has 4 nitrogen and oxygen atoms in total. The number of hydrogen-bond donors (Lipinski definition) is 0. The van der Waals surface area contributed by atoms with Gasteiger partial charge in [0.05, 0.1) is 11.3 Å². The summed E-state index contributed by atoms with van der Waals surface area (Å²) in [6.45, 7) is 0. The molecule has 16 heavy (non-hydrogen) atoms. The average molecular weight is 238 g/mol. The van der Waals surface area contributed by atoms with Gasteiger partial charge in [-0.25, -0.2) is 13.2 Å². The Bertz CT molecular complexity index is 516. The third-order valence-electron chi connectivity index (χ3n) is 2.17. The number of esters is 1.